The summed E-state index contributed by atoms with van der Waals surface area (Å²) in [5, 5.41) is 0. The number of methoxy groups -OCH3 is 1. The van der Waals surface area contributed by atoms with Crippen LogP contribution in [0.25, 0.3) is 0 Å². The lowest BCUT2D eigenvalue weighted by atomic mass is 10.0. The third-order valence-electron chi connectivity index (χ3n) is 3.36. The predicted molar refractivity (Wildman–Crippen MR) is 71.7 cm³/mol. The lowest BCUT2D eigenvalue weighted by Crippen LogP contribution is -2.38. The highest BCUT2D eigenvalue weighted by Gasteiger charge is 2.23. The minimum absolute atomic E-state index is 0.0661. The van der Waals surface area contributed by atoms with Crippen LogP contribution in [0.2, 0.25) is 0 Å². The van der Waals surface area contributed by atoms with Crippen LogP contribution in [0.3, 0.4) is 0 Å². The van der Waals surface area contributed by atoms with E-state index in [4.69, 9.17) is 4.74 Å². The number of rotatable bonds is 1. The maximum absolute atomic E-state index is 12.4. The van der Waals surface area contributed by atoms with Gasteiger partial charge < -0.3 is 4.74 Å². The number of amides is 1. The molecule has 2 heterocycles. The van der Waals surface area contributed by atoms with Crippen LogP contribution >= 0.6 is 0 Å². The van der Waals surface area contributed by atoms with Crippen molar-refractivity contribution in [3.8, 4) is 5.75 Å². The number of carbonyl (C=O) groups excluding carboxylic acids is 1. The van der Waals surface area contributed by atoms with E-state index in [1.807, 2.05) is 18.2 Å². The van der Waals surface area contributed by atoms with Gasteiger partial charge in [0.15, 0.2) is 0 Å². The lowest BCUT2D eigenvalue weighted by molar-refractivity contribution is 0.247. The maximum atomic E-state index is 12.4. The van der Waals surface area contributed by atoms with Crippen LogP contribution in [0.5, 0.6) is 5.75 Å². The van der Waals surface area contributed by atoms with Crippen LogP contribution in [0, 0.1) is 0 Å². The van der Waals surface area contributed by atoms with Gasteiger partial charge in [-0.1, -0.05) is 0 Å². The number of aryl methyl sites for hydroxylation is 1. The summed E-state index contributed by atoms with van der Waals surface area (Å²) in [5.74, 6) is 0.829. The molecule has 0 aliphatic carbocycles. The van der Waals surface area contributed by atoms with E-state index in [1.54, 1.807) is 24.4 Å². The minimum Gasteiger partial charge on any atom is -0.497 e. The van der Waals surface area contributed by atoms with E-state index in [0.29, 0.717) is 0 Å². The molecule has 5 heteroatoms. The zero-order valence-corrected chi connectivity index (χ0v) is 10.7. The van der Waals surface area contributed by atoms with E-state index in [1.165, 1.54) is 10.9 Å². The molecule has 0 saturated carbocycles. The van der Waals surface area contributed by atoms with Crippen LogP contribution in [0.4, 0.5) is 10.5 Å². The fourth-order valence-corrected chi connectivity index (χ4v) is 2.41. The molecule has 0 radical (unpaired) electrons. The molecular weight excluding hydrogens is 242 g/mol. The Kier molecular flexibility index (Phi) is 2.95. The predicted octanol–water partition coefficient (Wildman–Crippen LogP) is 2.31. The number of hydrogen-bond acceptors (Lipinski definition) is 3. The Morgan fingerprint density at radius 1 is 1.42 bits per heavy atom. The van der Waals surface area contributed by atoms with Gasteiger partial charge in [-0.2, -0.15) is 0 Å². The van der Waals surface area contributed by atoms with E-state index >= 15 is 0 Å². The van der Waals surface area contributed by atoms with E-state index < -0.39 is 0 Å². The summed E-state index contributed by atoms with van der Waals surface area (Å²) in [6, 6.07) is 5.77. The SMILES string of the molecule is COc1ccc2c(c1)CCCN2C(=O)n1ccnc1. The molecule has 1 aromatic carbocycles. The summed E-state index contributed by atoms with van der Waals surface area (Å²) in [5.41, 5.74) is 2.12. The van der Waals surface area contributed by atoms with Crippen LogP contribution in [0.15, 0.2) is 36.9 Å². The molecule has 1 amide bonds. The molecule has 0 unspecified atom stereocenters. The molecule has 1 aliphatic heterocycles. The van der Waals surface area contributed by atoms with Gasteiger partial charge in [0, 0.05) is 24.6 Å². The summed E-state index contributed by atoms with van der Waals surface area (Å²) >= 11 is 0. The quantitative estimate of drug-likeness (QED) is 0.787. The molecule has 0 N–H and O–H groups in total. The van der Waals surface area contributed by atoms with Crippen LogP contribution < -0.4 is 9.64 Å². The minimum atomic E-state index is -0.0661. The van der Waals surface area contributed by atoms with Crippen molar-refractivity contribution < 1.29 is 9.53 Å². The standard InChI is InChI=1S/C14H15N3O2/c1-19-12-4-5-13-11(9-12)3-2-7-17(13)14(18)16-8-6-15-10-16/h4-6,8-10H,2-3,7H2,1H3. The number of carbonyl (C=O) groups is 1. The number of imidazole rings is 1. The van der Waals surface area contributed by atoms with Crippen LogP contribution in [0.1, 0.15) is 12.0 Å². The summed E-state index contributed by atoms with van der Waals surface area (Å²) in [4.78, 5) is 18.1. The zero-order chi connectivity index (χ0) is 13.2. The summed E-state index contributed by atoms with van der Waals surface area (Å²) in [7, 11) is 1.65. The number of aromatic nitrogens is 2. The number of benzene rings is 1. The number of hydrogen-bond donors (Lipinski definition) is 0. The van der Waals surface area contributed by atoms with Gasteiger partial charge >= 0.3 is 6.03 Å². The Morgan fingerprint density at radius 3 is 3.05 bits per heavy atom. The van der Waals surface area contributed by atoms with Gasteiger partial charge in [-0.25, -0.2) is 9.78 Å². The molecule has 98 valence electrons. The third-order valence-corrected chi connectivity index (χ3v) is 3.36. The Labute approximate surface area is 111 Å². The normalized spacial score (nSPS) is 14.1. The van der Waals surface area contributed by atoms with Crippen molar-refractivity contribution in [1.82, 2.24) is 9.55 Å². The molecular formula is C14H15N3O2. The molecule has 0 saturated heterocycles. The Balaban J connectivity index is 1.96. The second-order valence-corrected chi connectivity index (χ2v) is 4.50. The van der Waals surface area contributed by atoms with E-state index in [-0.39, 0.29) is 6.03 Å². The zero-order valence-electron chi connectivity index (χ0n) is 10.7. The van der Waals surface area contributed by atoms with Gasteiger partial charge in [-0.15, -0.1) is 0 Å². The van der Waals surface area contributed by atoms with Crippen molar-refractivity contribution in [2.45, 2.75) is 12.8 Å². The first-order valence-electron chi connectivity index (χ1n) is 6.26. The van der Waals surface area contributed by atoms with Gasteiger partial charge in [-0.05, 0) is 36.6 Å². The molecule has 5 nitrogen and oxygen atoms in total. The number of ether oxygens (including phenoxy) is 1. The monoisotopic (exact) mass is 257 g/mol. The molecule has 0 fully saturated rings. The van der Waals surface area contributed by atoms with E-state index in [2.05, 4.69) is 4.98 Å². The second kappa shape index (κ2) is 4.76. The summed E-state index contributed by atoms with van der Waals surface area (Å²) in [6.07, 6.45) is 6.73. The maximum Gasteiger partial charge on any atom is 0.333 e. The highest BCUT2D eigenvalue weighted by atomic mass is 16.5. The summed E-state index contributed by atoms with van der Waals surface area (Å²) < 4.78 is 6.73. The smallest absolute Gasteiger partial charge is 0.333 e. The van der Waals surface area contributed by atoms with Crippen molar-refractivity contribution in [2.75, 3.05) is 18.6 Å². The molecule has 0 spiro atoms. The van der Waals surface area contributed by atoms with Gasteiger partial charge in [-0.3, -0.25) is 9.47 Å². The van der Waals surface area contributed by atoms with Gasteiger partial charge in [0.25, 0.3) is 0 Å². The number of fused-ring (bicyclic) bond motifs is 1. The molecule has 2 aromatic rings. The van der Waals surface area contributed by atoms with Gasteiger partial charge in [0.05, 0.1) is 7.11 Å². The van der Waals surface area contributed by atoms with Crippen LogP contribution in [-0.2, 0) is 6.42 Å². The van der Waals surface area contributed by atoms with E-state index in [9.17, 15) is 4.79 Å². The largest absolute Gasteiger partial charge is 0.497 e. The fourth-order valence-electron chi connectivity index (χ4n) is 2.41. The Bertz CT molecular complexity index is 593. The third kappa shape index (κ3) is 2.07. The summed E-state index contributed by atoms with van der Waals surface area (Å²) in [6.45, 7) is 0.732. The highest BCUT2D eigenvalue weighted by Crippen LogP contribution is 2.30. The van der Waals surface area contributed by atoms with E-state index in [0.717, 1.165) is 36.4 Å². The van der Waals surface area contributed by atoms with Crippen molar-refractivity contribution >= 4 is 11.7 Å². The van der Waals surface area contributed by atoms with Crippen molar-refractivity contribution in [1.29, 1.82) is 0 Å². The first-order chi connectivity index (χ1) is 9.29. The Hall–Kier alpha value is -2.30. The van der Waals surface area contributed by atoms with Crippen molar-refractivity contribution in [3.63, 3.8) is 0 Å². The molecule has 3 rings (SSSR count). The first-order valence-corrected chi connectivity index (χ1v) is 6.26. The highest BCUT2D eigenvalue weighted by molar-refractivity contribution is 5.94. The topological polar surface area (TPSA) is 47.4 Å². The lowest BCUT2D eigenvalue weighted by Gasteiger charge is -2.29. The molecule has 1 aliphatic rings. The van der Waals surface area contributed by atoms with Crippen molar-refractivity contribution in [2.24, 2.45) is 0 Å². The molecule has 19 heavy (non-hydrogen) atoms. The number of anilines is 1. The molecule has 0 atom stereocenters. The fraction of sp³-hybridized carbons (Fsp3) is 0.286. The first kappa shape index (κ1) is 11.8. The van der Waals surface area contributed by atoms with Crippen molar-refractivity contribution in [3.05, 3.63) is 42.5 Å². The Morgan fingerprint density at radius 2 is 2.32 bits per heavy atom. The average molecular weight is 257 g/mol. The van der Waals surface area contributed by atoms with Gasteiger partial charge in [0.2, 0.25) is 0 Å². The van der Waals surface area contributed by atoms with Crippen LogP contribution in [-0.4, -0.2) is 29.2 Å². The average Bonchev–Trinajstić information content (AvgIpc) is 2.99. The molecule has 0 bridgehead atoms. The second-order valence-electron chi connectivity index (χ2n) is 4.50. The van der Waals surface area contributed by atoms with Gasteiger partial charge in [0.1, 0.15) is 12.1 Å². The molecule has 1 aromatic heterocycles. The number of nitrogens with zero attached hydrogens (tertiary/aromatic N) is 3.